The van der Waals surface area contributed by atoms with Gasteiger partial charge in [-0.15, -0.1) is 11.3 Å². The van der Waals surface area contributed by atoms with Gasteiger partial charge in [0.1, 0.15) is 5.69 Å². The Kier molecular flexibility index (Phi) is 5.34. The average molecular weight is 337 g/mol. The summed E-state index contributed by atoms with van der Waals surface area (Å²) in [7, 11) is 0. The first kappa shape index (κ1) is 16.9. The topological polar surface area (TPSA) is 45.7 Å². The molecule has 0 aliphatic carbocycles. The van der Waals surface area contributed by atoms with Crippen molar-refractivity contribution in [1.82, 2.24) is 14.8 Å². The summed E-state index contributed by atoms with van der Waals surface area (Å²) in [6.45, 7) is 11.7. The number of hydrogen-bond acceptors (Lipinski definition) is 5. The molecule has 0 saturated carbocycles. The second kappa shape index (κ2) is 7.28. The van der Waals surface area contributed by atoms with Crippen LogP contribution < -0.4 is 0 Å². The Morgan fingerprint density at radius 1 is 1.39 bits per heavy atom. The van der Waals surface area contributed by atoms with Crippen molar-refractivity contribution in [2.75, 3.05) is 39.4 Å². The van der Waals surface area contributed by atoms with Gasteiger partial charge >= 0.3 is 0 Å². The van der Waals surface area contributed by atoms with Crippen molar-refractivity contribution >= 4 is 17.2 Å². The lowest BCUT2D eigenvalue weighted by Gasteiger charge is -2.34. The lowest BCUT2D eigenvalue weighted by Crippen LogP contribution is -2.47. The molecule has 0 spiro atoms. The number of amides is 1. The molecule has 0 N–H and O–H groups in total. The van der Waals surface area contributed by atoms with E-state index in [1.807, 2.05) is 10.3 Å². The first-order valence-corrected chi connectivity index (χ1v) is 9.54. The number of carbonyl (C=O) groups excluding carboxylic acids is 1. The molecule has 0 bridgehead atoms. The van der Waals surface area contributed by atoms with Gasteiger partial charge in [-0.05, 0) is 5.92 Å². The van der Waals surface area contributed by atoms with Gasteiger partial charge in [0.15, 0.2) is 0 Å². The quantitative estimate of drug-likeness (QED) is 0.847. The van der Waals surface area contributed by atoms with Crippen molar-refractivity contribution in [1.29, 1.82) is 0 Å². The van der Waals surface area contributed by atoms with Crippen LogP contribution in [-0.4, -0.2) is 66.1 Å². The molecule has 3 rings (SSSR count). The van der Waals surface area contributed by atoms with Gasteiger partial charge in [0.05, 0.1) is 18.2 Å². The standard InChI is InChI=1S/C17H27N3O2S/c1-4-13-9-20(10-15(13)19-5-7-22-8-6-19)17(21)14-11-23-16(18-14)12(2)3/h11-13,15H,4-10H2,1-3H3. The Morgan fingerprint density at radius 3 is 2.74 bits per heavy atom. The molecule has 128 valence electrons. The van der Waals surface area contributed by atoms with Crippen LogP contribution in [0.2, 0.25) is 0 Å². The number of thiazole rings is 1. The summed E-state index contributed by atoms with van der Waals surface area (Å²) in [5.41, 5.74) is 0.621. The minimum Gasteiger partial charge on any atom is -0.379 e. The number of likely N-dealkylation sites (tertiary alicyclic amines) is 1. The van der Waals surface area contributed by atoms with Crippen LogP contribution in [0.3, 0.4) is 0 Å². The zero-order chi connectivity index (χ0) is 16.4. The molecule has 0 aromatic carbocycles. The van der Waals surface area contributed by atoms with E-state index in [-0.39, 0.29) is 5.91 Å². The molecule has 1 aromatic heterocycles. The summed E-state index contributed by atoms with van der Waals surface area (Å²) in [5, 5.41) is 2.96. The van der Waals surface area contributed by atoms with Crippen molar-refractivity contribution in [3.8, 4) is 0 Å². The highest BCUT2D eigenvalue weighted by atomic mass is 32.1. The zero-order valence-electron chi connectivity index (χ0n) is 14.3. The number of carbonyl (C=O) groups is 1. The van der Waals surface area contributed by atoms with Crippen LogP contribution in [0.15, 0.2) is 5.38 Å². The minimum atomic E-state index is 0.0994. The third-order valence-corrected chi connectivity index (χ3v) is 6.11. The normalized spacial score (nSPS) is 26.2. The van der Waals surface area contributed by atoms with E-state index < -0.39 is 0 Å². The number of morpholine rings is 1. The Balaban J connectivity index is 1.69. The largest absolute Gasteiger partial charge is 0.379 e. The summed E-state index contributed by atoms with van der Waals surface area (Å²) in [4.78, 5) is 21.8. The monoisotopic (exact) mass is 337 g/mol. The summed E-state index contributed by atoms with van der Waals surface area (Å²) in [5.74, 6) is 1.03. The SMILES string of the molecule is CCC1CN(C(=O)c2csc(C(C)C)n2)CC1N1CCOCC1. The number of hydrogen-bond donors (Lipinski definition) is 0. The van der Waals surface area contributed by atoms with Crippen LogP contribution in [0.25, 0.3) is 0 Å². The third-order valence-electron chi connectivity index (χ3n) is 4.97. The van der Waals surface area contributed by atoms with E-state index in [9.17, 15) is 4.79 Å². The van der Waals surface area contributed by atoms with Gasteiger partial charge in [-0.2, -0.15) is 0 Å². The molecule has 2 aliphatic rings. The summed E-state index contributed by atoms with van der Waals surface area (Å²) >= 11 is 1.59. The predicted octanol–water partition coefficient (Wildman–Crippen LogP) is 2.45. The van der Waals surface area contributed by atoms with Crippen LogP contribution in [-0.2, 0) is 4.74 Å². The highest BCUT2D eigenvalue weighted by molar-refractivity contribution is 7.09. The van der Waals surface area contributed by atoms with E-state index in [4.69, 9.17) is 4.74 Å². The van der Waals surface area contributed by atoms with Crippen LogP contribution in [0.5, 0.6) is 0 Å². The van der Waals surface area contributed by atoms with Gasteiger partial charge in [0.2, 0.25) is 0 Å². The molecule has 23 heavy (non-hydrogen) atoms. The maximum atomic E-state index is 12.8. The number of aromatic nitrogens is 1. The van der Waals surface area contributed by atoms with Crippen LogP contribution in [0.1, 0.15) is 48.6 Å². The average Bonchev–Trinajstić information content (AvgIpc) is 3.22. The van der Waals surface area contributed by atoms with Gasteiger partial charge in [-0.25, -0.2) is 4.98 Å². The van der Waals surface area contributed by atoms with Crippen molar-refractivity contribution < 1.29 is 9.53 Å². The van der Waals surface area contributed by atoms with E-state index in [0.717, 1.165) is 50.8 Å². The van der Waals surface area contributed by atoms with E-state index in [1.54, 1.807) is 11.3 Å². The zero-order valence-corrected chi connectivity index (χ0v) is 15.1. The maximum absolute atomic E-state index is 12.8. The van der Waals surface area contributed by atoms with E-state index >= 15 is 0 Å². The number of nitrogens with zero attached hydrogens (tertiary/aromatic N) is 3. The van der Waals surface area contributed by atoms with Gasteiger partial charge < -0.3 is 9.64 Å². The molecular weight excluding hydrogens is 310 g/mol. The smallest absolute Gasteiger partial charge is 0.273 e. The molecule has 5 nitrogen and oxygen atoms in total. The Labute approximate surface area is 142 Å². The first-order valence-electron chi connectivity index (χ1n) is 8.66. The third kappa shape index (κ3) is 3.59. The maximum Gasteiger partial charge on any atom is 0.273 e. The fourth-order valence-electron chi connectivity index (χ4n) is 3.56. The molecule has 2 atom stereocenters. The molecule has 2 aliphatic heterocycles. The van der Waals surface area contributed by atoms with Crippen molar-refractivity contribution in [3.63, 3.8) is 0 Å². The molecule has 2 fully saturated rings. The minimum absolute atomic E-state index is 0.0994. The predicted molar refractivity (Wildman–Crippen MR) is 92.1 cm³/mol. The van der Waals surface area contributed by atoms with Crippen LogP contribution in [0, 0.1) is 5.92 Å². The second-order valence-corrected chi connectivity index (χ2v) is 7.71. The Bertz CT molecular complexity index is 540. The number of rotatable bonds is 4. The highest BCUT2D eigenvalue weighted by Gasteiger charge is 2.38. The molecule has 3 heterocycles. The Morgan fingerprint density at radius 2 is 2.13 bits per heavy atom. The summed E-state index contributed by atoms with van der Waals surface area (Å²) in [6.07, 6.45) is 1.11. The van der Waals surface area contributed by atoms with E-state index in [1.165, 1.54) is 0 Å². The van der Waals surface area contributed by atoms with Gasteiger partial charge in [-0.3, -0.25) is 9.69 Å². The fraction of sp³-hybridized carbons (Fsp3) is 0.765. The molecule has 0 radical (unpaired) electrons. The number of ether oxygens (including phenoxy) is 1. The first-order chi connectivity index (χ1) is 11.1. The fourth-order valence-corrected chi connectivity index (χ4v) is 4.37. The van der Waals surface area contributed by atoms with Gasteiger partial charge in [-0.1, -0.05) is 27.2 Å². The van der Waals surface area contributed by atoms with Crippen LogP contribution >= 0.6 is 11.3 Å². The van der Waals surface area contributed by atoms with Crippen molar-refractivity contribution in [2.24, 2.45) is 5.92 Å². The van der Waals surface area contributed by atoms with Crippen molar-refractivity contribution in [3.05, 3.63) is 16.1 Å². The molecular formula is C17H27N3O2S. The molecule has 6 heteroatoms. The van der Waals surface area contributed by atoms with Gasteiger partial charge in [0, 0.05) is 43.5 Å². The van der Waals surface area contributed by atoms with Gasteiger partial charge in [0.25, 0.3) is 5.91 Å². The summed E-state index contributed by atoms with van der Waals surface area (Å²) < 4.78 is 5.47. The van der Waals surface area contributed by atoms with Crippen LogP contribution in [0.4, 0.5) is 0 Å². The van der Waals surface area contributed by atoms with E-state index in [0.29, 0.717) is 23.6 Å². The summed E-state index contributed by atoms with van der Waals surface area (Å²) in [6, 6.07) is 0.469. The lowest BCUT2D eigenvalue weighted by molar-refractivity contribution is 0.0102. The molecule has 2 unspecified atom stereocenters. The highest BCUT2D eigenvalue weighted by Crippen LogP contribution is 2.28. The molecule has 2 saturated heterocycles. The molecule has 1 amide bonds. The molecule has 1 aromatic rings. The second-order valence-electron chi connectivity index (χ2n) is 6.82. The van der Waals surface area contributed by atoms with E-state index in [2.05, 4.69) is 30.7 Å². The van der Waals surface area contributed by atoms with Crippen molar-refractivity contribution in [2.45, 2.75) is 39.2 Å². The Hall–Kier alpha value is -0.980. The lowest BCUT2D eigenvalue weighted by atomic mass is 9.99.